The molecule has 2 amide bonds. The lowest BCUT2D eigenvalue weighted by atomic mass is 9.48. The Balaban J connectivity index is 1.45. The second kappa shape index (κ2) is 8.86. The van der Waals surface area contributed by atoms with Gasteiger partial charge in [0.05, 0.1) is 17.6 Å². The van der Waals surface area contributed by atoms with E-state index in [0.717, 1.165) is 18.0 Å². The van der Waals surface area contributed by atoms with Crippen LogP contribution in [0.1, 0.15) is 34.0 Å². The van der Waals surface area contributed by atoms with Gasteiger partial charge >= 0.3 is 0 Å². The van der Waals surface area contributed by atoms with Crippen molar-refractivity contribution in [1.29, 1.82) is 0 Å². The summed E-state index contributed by atoms with van der Waals surface area (Å²) >= 11 is 0. The van der Waals surface area contributed by atoms with Crippen molar-refractivity contribution < 1.29 is 22.4 Å². The number of rotatable bonds is 6. The lowest BCUT2D eigenvalue weighted by molar-refractivity contribution is -0.121. The highest BCUT2D eigenvalue weighted by Crippen LogP contribution is 2.55. The molecule has 0 saturated heterocycles. The van der Waals surface area contributed by atoms with Gasteiger partial charge in [-0.05, 0) is 40.7 Å². The summed E-state index contributed by atoms with van der Waals surface area (Å²) in [6, 6.07) is 9.98. The number of aromatic nitrogens is 3. The van der Waals surface area contributed by atoms with Crippen molar-refractivity contribution in [2.24, 2.45) is 5.92 Å². The fourth-order valence-electron chi connectivity index (χ4n) is 4.91. The highest BCUT2D eigenvalue weighted by molar-refractivity contribution is 7.90. The number of fused-ring (bicyclic) bond motifs is 3. The molecule has 2 aliphatic rings. The van der Waals surface area contributed by atoms with Crippen LogP contribution in [0.25, 0.3) is 0 Å². The molecule has 5 rings (SSSR count). The van der Waals surface area contributed by atoms with Crippen molar-refractivity contribution in [2.75, 3.05) is 11.2 Å². The van der Waals surface area contributed by atoms with Crippen molar-refractivity contribution in [3.05, 3.63) is 71.4 Å². The normalized spacial score (nSPS) is 21.1. The van der Waals surface area contributed by atoms with Crippen LogP contribution in [0.2, 0.25) is 0 Å². The van der Waals surface area contributed by atoms with E-state index in [1.54, 1.807) is 6.07 Å². The average Bonchev–Trinajstić information content (AvgIpc) is 3.52. The van der Waals surface area contributed by atoms with Crippen LogP contribution < -0.4 is 10.2 Å². The number of benzene rings is 1. The summed E-state index contributed by atoms with van der Waals surface area (Å²) in [5, 5.41) is 6.14. The second-order valence-electron chi connectivity index (χ2n) is 10.7. The number of anilines is 1. The third kappa shape index (κ3) is 4.82. The van der Waals surface area contributed by atoms with Crippen LogP contribution in [0.4, 0.5) is 10.2 Å². The zero-order valence-corrected chi connectivity index (χ0v) is 21.8. The molecule has 0 spiro atoms. The van der Waals surface area contributed by atoms with Gasteiger partial charge in [-0.3, -0.25) is 14.3 Å². The Hall–Kier alpha value is -3.41. The molecule has 1 aliphatic carbocycles. The topological polar surface area (TPSA) is 114 Å². The molecule has 1 saturated carbocycles. The van der Waals surface area contributed by atoms with Crippen LogP contribution >= 0.6 is 0 Å². The summed E-state index contributed by atoms with van der Waals surface area (Å²) in [4.78, 5) is 32.9. The van der Waals surface area contributed by atoms with E-state index in [0.29, 0.717) is 24.3 Å². The number of halogens is 1. The van der Waals surface area contributed by atoms with Crippen LogP contribution in [0.3, 0.4) is 0 Å². The van der Waals surface area contributed by atoms with E-state index >= 15 is 0 Å². The van der Waals surface area contributed by atoms with Crippen molar-refractivity contribution in [1.82, 2.24) is 20.1 Å². The predicted octanol–water partition coefficient (Wildman–Crippen LogP) is -1.37. The van der Waals surface area contributed by atoms with E-state index in [1.165, 1.54) is 15.8 Å². The summed E-state index contributed by atoms with van der Waals surface area (Å²) in [7, 11) is 2.00. The second-order valence-corrected chi connectivity index (χ2v) is 12.7. The zero-order chi connectivity index (χ0) is 26.7. The fourth-order valence-corrected chi connectivity index (χ4v) is 5.50. The number of pyridine rings is 1. The van der Waals surface area contributed by atoms with Crippen LogP contribution in [-0.4, -0.2) is 76.1 Å². The van der Waals surface area contributed by atoms with Crippen molar-refractivity contribution in [2.45, 2.75) is 35.1 Å². The summed E-state index contributed by atoms with van der Waals surface area (Å²) in [5.74, 6) is -1.99. The number of sulfone groups is 1. The quantitative estimate of drug-likeness (QED) is 0.403. The van der Waals surface area contributed by atoms with E-state index < -0.39 is 32.8 Å². The maximum atomic E-state index is 14.7. The van der Waals surface area contributed by atoms with E-state index in [-0.39, 0.29) is 28.3 Å². The highest BCUT2D eigenvalue weighted by atomic mass is 32.2. The smallest absolute Gasteiger partial charge is 0.275 e. The Kier molecular flexibility index (Phi) is 6.05. The average molecular weight is 519 g/mol. The molecule has 3 aromatic rings. The number of amides is 2. The number of hydrogen-bond donors (Lipinski definition) is 1. The SMILES string of the molecule is BC(B)(B)N1C(=O)[C@@H](NC(=O)c2nn(Cc3ccccc3)cc2F)[C@H]2C[C@H]2c2cc(S(C)(=O)=O)cnc21. The number of carbonyl (C=O) groups is 2. The molecule has 188 valence electrons. The largest absolute Gasteiger partial charge is 0.338 e. The van der Waals surface area contributed by atoms with Crippen LogP contribution in [0.5, 0.6) is 0 Å². The minimum atomic E-state index is -3.50. The van der Waals surface area contributed by atoms with E-state index in [1.807, 2.05) is 53.9 Å². The summed E-state index contributed by atoms with van der Waals surface area (Å²) < 4.78 is 40.4. The number of carbonyl (C=O) groups excluding carboxylic acids is 2. The Labute approximate surface area is 217 Å². The molecule has 2 aromatic heterocycles. The number of hydrogen-bond acceptors (Lipinski definition) is 6. The standard InChI is InChI=1S/C23H25B3FN5O4S/c1-37(35,36)13-7-16-14-8-15(14)18(22(34)32(23(24,25)26)20(16)28-9-13)29-21(33)19-17(27)11-31(30-19)10-12-5-3-2-4-6-12/h2-7,9,11,14-15,18H,8,10,24-26H2,1H3,(H,29,33)/t14-,15+,18+/m1/s1. The molecule has 0 radical (unpaired) electrons. The van der Waals surface area contributed by atoms with Gasteiger partial charge in [0.2, 0.25) is 5.91 Å². The first-order valence-electron chi connectivity index (χ1n) is 12.0. The molecule has 3 atom stereocenters. The first kappa shape index (κ1) is 25.3. The lowest BCUT2D eigenvalue weighted by Crippen LogP contribution is -2.60. The van der Waals surface area contributed by atoms with Gasteiger partial charge in [0.1, 0.15) is 35.4 Å². The molecule has 0 bridgehead atoms. The molecule has 14 heteroatoms. The molecule has 9 nitrogen and oxygen atoms in total. The first-order valence-corrected chi connectivity index (χ1v) is 13.9. The molecule has 1 N–H and O–H groups in total. The molecular formula is C23H25B3FN5O4S. The third-order valence-corrected chi connectivity index (χ3v) is 7.82. The molecular weight excluding hydrogens is 494 g/mol. The number of nitrogens with zero attached hydrogens (tertiary/aromatic N) is 4. The van der Waals surface area contributed by atoms with E-state index in [9.17, 15) is 22.4 Å². The van der Waals surface area contributed by atoms with E-state index in [4.69, 9.17) is 0 Å². The van der Waals surface area contributed by atoms with Crippen molar-refractivity contribution in [3.63, 3.8) is 0 Å². The maximum absolute atomic E-state index is 14.7. The zero-order valence-electron chi connectivity index (χ0n) is 21.0. The Morgan fingerprint density at radius 1 is 1.24 bits per heavy atom. The fraction of sp³-hybridized carbons (Fsp3) is 0.304. The number of nitrogens with one attached hydrogen (secondary N) is 1. The molecule has 37 heavy (non-hydrogen) atoms. The minimum absolute atomic E-state index is 0.0757. The lowest BCUT2D eigenvalue weighted by Gasteiger charge is -2.37. The summed E-state index contributed by atoms with van der Waals surface area (Å²) in [6.07, 6.45) is 4.09. The molecule has 1 aromatic carbocycles. The van der Waals surface area contributed by atoms with Crippen LogP contribution in [0.15, 0.2) is 53.7 Å². The van der Waals surface area contributed by atoms with Gasteiger partial charge in [-0.25, -0.2) is 17.8 Å². The van der Waals surface area contributed by atoms with Gasteiger partial charge in [0, 0.05) is 12.5 Å². The van der Waals surface area contributed by atoms with Gasteiger partial charge in [-0.2, -0.15) is 5.10 Å². The maximum Gasteiger partial charge on any atom is 0.275 e. The van der Waals surface area contributed by atoms with Gasteiger partial charge in [0.15, 0.2) is 21.3 Å². The monoisotopic (exact) mass is 519 g/mol. The Morgan fingerprint density at radius 3 is 2.59 bits per heavy atom. The molecule has 3 heterocycles. The van der Waals surface area contributed by atoms with Crippen molar-refractivity contribution >= 4 is 51.0 Å². The molecule has 1 fully saturated rings. The highest BCUT2D eigenvalue weighted by Gasteiger charge is 2.54. The van der Waals surface area contributed by atoms with Crippen molar-refractivity contribution in [3.8, 4) is 0 Å². The summed E-state index contributed by atoms with van der Waals surface area (Å²) in [6.45, 7) is 0.291. The predicted molar refractivity (Wildman–Crippen MR) is 143 cm³/mol. The van der Waals surface area contributed by atoms with Crippen LogP contribution in [0, 0.1) is 11.7 Å². The van der Waals surface area contributed by atoms with Gasteiger partial charge in [0.25, 0.3) is 5.91 Å². The van der Waals surface area contributed by atoms with Gasteiger partial charge in [-0.1, -0.05) is 30.3 Å². The Morgan fingerprint density at radius 2 is 1.95 bits per heavy atom. The van der Waals surface area contributed by atoms with Gasteiger partial charge < -0.3 is 10.2 Å². The minimum Gasteiger partial charge on any atom is -0.338 e. The third-order valence-electron chi connectivity index (χ3n) is 6.74. The van der Waals surface area contributed by atoms with E-state index in [2.05, 4.69) is 15.4 Å². The Bertz CT molecular complexity index is 1510. The summed E-state index contributed by atoms with van der Waals surface area (Å²) in [5.41, 5.74) is 1.17. The van der Waals surface area contributed by atoms with Crippen LogP contribution in [-0.2, 0) is 21.2 Å². The molecule has 1 aliphatic heterocycles. The van der Waals surface area contributed by atoms with Gasteiger partial charge in [-0.15, -0.1) is 0 Å². The first-order chi connectivity index (χ1) is 17.3. The molecule has 0 unspecified atom stereocenters.